The number of aryl methyl sites for hydroxylation is 1. The molecule has 0 saturated heterocycles. The zero-order chi connectivity index (χ0) is 13.7. The van der Waals surface area contributed by atoms with Gasteiger partial charge in [-0.3, -0.25) is 4.79 Å². The van der Waals surface area contributed by atoms with Crippen LogP contribution in [0.3, 0.4) is 0 Å². The molecule has 0 aromatic heterocycles. The quantitative estimate of drug-likeness (QED) is 0.609. The van der Waals surface area contributed by atoms with E-state index in [9.17, 15) is 4.79 Å². The van der Waals surface area contributed by atoms with Crippen molar-refractivity contribution in [1.29, 1.82) is 0 Å². The summed E-state index contributed by atoms with van der Waals surface area (Å²) < 4.78 is 5.08. The van der Waals surface area contributed by atoms with Crippen LogP contribution in [0.2, 0.25) is 0 Å². The Labute approximate surface area is 113 Å². The first kappa shape index (κ1) is 13.1. The molecule has 0 aliphatic heterocycles. The lowest BCUT2D eigenvalue weighted by molar-refractivity contribution is 0.104. The van der Waals surface area contributed by atoms with E-state index in [2.05, 4.69) is 0 Å². The number of methoxy groups -OCH3 is 1. The van der Waals surface area contributed by atoms with Gasteiger partial charge >= 0.3 is 0 Å². The minimum absolute atomic E-state index is 0.0100. The lowest BCUT2D eigenvalue weighted by Crippen LogP contribution is -1.93. The molecule has 0 bridgehead atoms. The van der Waals surface area contributed by atoms with Gasteiger partial charge in [0.1, 0.15) is 5.75 Å². The minimum Gasteiger partial charge on any atom is -0.497 e. The van der Waals surface area contributed by atoms with Gasteiger partial charge in [-0.25, -0.2) is 0 Å². The van der Waals surface area contributed by atoms with E-state index in [0.717, 1.165) is 16.9 Å². The fourth-order valence-corrected chi connectivity index (χ4v) is 1.70. The Kier molecular flexibility index (Phi) is 4.14. The van der Waals surface area contributed by atoms with Gasteiger partial charge in [-0.05, 0) is 30.7 Å². The standard InChI is InChI=1S/C17H16O2/c1-13-3-8-15(9-4-13)17(18)12-7-14-5-10-16(19-2)11-6-14/h3-12H,1-2H3/b12-7+. The molecule has 96 valence electrons. The number of allylic oxidation sites excluding steroid dienone is 1. The average Bonchev–Trinajstić information content (AvgIpc) is 2.46. The predicted molar refractivity (Wildman–Crippen MR) is 77.5 cm³/mol. The Morgan fingerprint density at radius 2 is 1.63 bits per heavy atom. The summed E-state index contributed by atoms with van der Waals surface area (Å²) in [4.78, 5) is 11.9. The highest BCUT2D eigenvalue weighted by Gasteiger charge is 2.00. The van der Waals surface area contributed by atoms with Gasteiger partial charge in [0.15, 0.2) is 5.78 Å². The molecule has 19 heavy (non-hydrogen) atoms. The Morgan fingerprint density at radius 1 is 1.00 bits per heavy atom. The molecule has 0 radical (unpaired) electrons. The topological polar surface area (TPSA) is 26.3 Å². The zero-order valence-electron chi connectivity index (χ0n) is 11.1. The van der Waals surface area contributed by atoms with Crippen LogP contribution >= 0.6 is 0 Å². The van der Waals surface area contributed by atoms with E-state index >= 15 is 0 Å². The summed E-state index contributed by atoms with van der Waals surface area (Å²) >= 11 is 0. The maximum absolute atomic E-state index is 11.9. The number of carbonyl (C=O) groups is 1. The number of benzene rings is 2. The van der Waals surface area contributed by atoms with Gasteiger partial charge in [0.2, 0.25) is 0 Å². The van der Waals surface area contributed by atoms with E-state index in [0.29, 0.717) is 5.56 Å². The molecule has 0 aliphatic rings. The van der Waals surface area contributed by atoms with Crippen LogP contribution < -0.4 is 4.74 Å². The SMILES string of the molecule is COc1ccc(/C=C/C(=O)c2ccc(C)cc2)cc1. The van der Waals surface area contributed by atoms with Crippen LogP contribution in [0.5, 0.6) is 5.75 Å². The molecule has 2 rings (SSSR count). The smallest absolute Gasteiger partial charge is 0.185 e. The van der Waals surface area contributed by atoms with Crippen molar-refractivity contribution in [2.75, 3.05) is 7.11 Å². The van der Waals surface area contributed by atoms with Gasteiger partial charge in [0.25, 0.3) is 0 Å². The molecule has 2 aromatic rings. The van der Waals surface area contributed by atoms with Crippen molar-refractivity contribution in [3.8, 4) is 5.75 Å². The van der Waals surface area contributed by atoms with Gasteiger partial charge in [-0.15, -0.1) is 0 Å². The predicted octanol–water partition coefficient (Wildman–Crippen LogP) is 3.90. The molecule has 0 aliphatic carbocycles. The second-order valence-electron chi connectivity index (χ2n) is 4.34. The number of rotatable bonds is 4. The van der Waals surface area contributed by atoms with Gasteiger partial charge < -0.3 is 4.74 Å². The van der Waals surface area contributed by atoms with Crippen molar-refractivity contribution in [3.05, 3.63) is 71.3 Å². The molecule has 0 spiro atoms. The van der Waals surface area contributed by atoms with Gasteiger partial charge in [0, 0.05) is 5.56 Å². The number of carbonyl (C=O) groups excluding carboxylic acids is 1. The molecule has 0 fully saturated rings. The van der Waals surface area contributed by atoms with E-state index in [1.807, 2.05) is 61.5 Å². The van der Waals surface area contributed by atoms with Crippen molar-refractivity contribution in [2.24, 2.45) is 0 Å². The Hall–Kier alpha value is -2.35. The number of hydrogen-bond donors (Lipinski definition) is 0. The van der Waals surface area contributed by atoms with Crippen LogP contribution in [-0.2, 0) is 0 Å². The van der Waals surface area contributed by atoms with E-state index in [-0.39, 0.29) is 5.78 Å². The number of hydrogen-bond acceptors (Lipinski definition) is 2. The molecule has 0 saturated carbocycles. The van der Waals surface area contributed by atoms with E-state index in [1.165, 1.54) is 0 Å². The fourth-order valence-electron chi connectivity index (χ4n) is 1.70. The molecule has 0 N–H and O–H groups in total. The third kappa shape index (κ3) is 3.55. The van der Waals surface area contributed by atoms with E-state index in [4.69, 9.17) is 4.74 Å². The van der Waals surface area contributed by atoms with Crippen molar-refractivity contribution in [2.45, 2.75) is 6.92 Å². The number of ether oxygens (including phenoxy) is 1. The Morgan fingerprint density at radius 3 is 2.21 bits per heavy atom. The monoisotopic (exact) mass is 252 g/mol. The van der Waals surface area contributed by atoms with Crippen LogP contribution in [0.4, 0.5) is 0 Å². The number of ketones is 1. The molecular weight excluding hydrogens is 236 g/mol. The zero-order valence-corrected chi connectivity index (χ0v) is 11.1. The molecule has 2 heteroatoms. The summed E-state index contributed by atoms with van der Waals surface area (Å²) in [6, 6.07) is 15.1. The summed E-state index contributed by atoms with van der Waals surface area (Å²) in [7, 11) is 1.63. The van der Waals surface area contributed by atoms with Crippen molar-refractivity contribution >= 4 is 11.9 Å². The average molecular weight is 252 g/mol. The first-order valence-corrected chi connectivity index (χ1v) is 6.12. The van der Waals surface area contributed by atoms with E-state index < -0.39 is 0 Å². The lowest BCUT2D eigenvalue weighted by Gasteiger charge is -1.99. The van der Waals surface area contributed by atoms with Gasteiger partial charge in [-0.1, -0.05) is 48.0 Å². The maximum atomic E-state index is 11.9. The van der Waals surface area contributed by atoms with E-state index in [1.54, 1.807) is 13.2 Å². The minimum atomic E-state index is 0.0100. The maximum Gasteiger partial charge on any atom is 0.185 e. The highest BCUT2D eigenvalue weighted by molar-refractivity contribution is 6.06. The van der Waals surface area contributed by atoms with Crippen LogP contribution in [-0.4, -0.2) is 12.9 Å². The molecule has 0 atom stereocenters. The van der Waals surface area contributed by atoms with Crippen LogP contribution in [0.15, 0.2) is 54.6 Å². The third-order valence-corrected chi connectivity index (χ3v) is 2.88. The summed E-state index contributed by atoms with van der Waals surface area (Å²) in [5, 5.41) is 0. The molecule has 2 aromatic carbocycles. The fraction of sp³-hybridized carbons (Fsp3) is 0.118. The second kappa shape index (κ2) is 6.01. The van der Waals surface area contributed by atoms with Gasteiger partial charge in [-0.2, -0.15) is 0 Å². The normalized spacial score (nSPS) is 10.6. The van der Waals surface area contributed by atoms with Gasteiger partial charge in [0.05, 0.1) is 7.11 Å². The van der Waals surface area contributed by atoms with Crippen LogP contribution in [0.25, 0.3) is 6.08 Å². The molecule has 0 heterocycles. The molecule has 0 unspecified atom stereocenters. The van der Waals surface area contributed by atoms with Crippen molar-refractivity contribution in [1.82, 2.24) is 0 Å². The second-order valence-corrected chi connectivity index (χ2v) is 4.34. The lowest BCUT2D eigenvalue weighted by atomic mass is 10.1. The highest BCUT2D eigenvalue weighted by atomic mass is 16.5. The third-order valence-electron chi connectivity index (χ3n) is 2.88. The largest absolute Gasteiger partial charge is 0.497 e. The first-order chi connectivity index (χ1) is 9.19. The molecule has 0 amide bonds. The summed E-state index contributed by atoms with van der Waals surface area (Å²) in [5.41, 5.74) is 2.83. The van der Waals surface area contributed by atoms with Crippen molar-refractivity contribution < 1.29 is 9.53 Å². The summed E-state index contributed by atoms with van der Waals surface area (Å²) in [6.45, 7) is 2.00. The van der Waals surface area contributed by atoms with Crippen molar-refractivity contribution in [3.63, 3.8) is 0 Å². The van der Waals surface area contributed by atoms with Crippen LogP contribution in [0, 0.1) is 6.92 Å². The van der Waals surface area contributed by atoms with Crippen LogP contribution in [0.1, 0.15) is 21.5 Å². The Balaban J connectivity index is 2.08. The molecule has 2 nitrogen and oxygen atoms in total. The Bertz CT molecular complexity index is 578. The summed E-state index contributed by atoms with van der Waals surface area (Å²) in [5.74, 6) is 0.817. The highest BCUT2D eigenvalue weighted by Crippen LogP contribution is 2.13. The summed E-state index contributed by atoms with van der Waals surface area (Å²) in [6.07, 6.45) is 3.40. The first-order valence-electron chi connectivity index (χ1n) is 6.12. The molecular formula is C17H16O2.